The lowest BCUT2D eigenvalue weighted by Gasteiger charge is -2.51. The zero-order valence-corrected chi connectivity index (χ0v) is 16.1. The Kier molecular flexibility index (Phi) is 4.76. The molecule has 28 heavy (non-hydrogen) atoms. The molecule has 0 aromatic heterocycles. The molecule has 1 fully saturated rings. The van der Waals surface area contributed by atoms with Gasteiger partial charge >= 0.3 is 5.97 Å². The van der Waals surface area contributed by atoms with Gasteiger partial charge in [-0.15, -0.1) is 0 Å². The van der Waals surface area contributed by atoms with Crippen LogP contribution >= 0.6 is 0 Å². The van der Waals surface area contributed by atoms with E-state index in [9.17, 15) is 14.0 Å². The molecule has 152 valence electrons. The average molecular weight is 392 g/mol. The topological polar surface area (TPSA) is 88.3 Å². The molecule has 2 unspecified atom stereocenters. The molecule has 1 aromatic carbocycles. The molecule has 0 radical (unpaired) electrons. The van der Waals surface area contributed by atoms with Crippen molar-refractivity contribution >= 4 is 17.4 Å². The number of carbonyl (C=O) groups excluding carboxylic acids is 2. The Morgan fingerprint density at radius 1 is 1.36 bits per heavy atom. The van der Waals surface area contributed by atoms with Gasteiger partial charge in [0.15, 0.2) is 5.78 Å². The second-order valence-electron chi connectivity index (χ2n) is 7.52. The first-order valence-corrected chi connectivity index (χ1v) is 9.58. The predicted octanol–water partition coefficient (Wildman–Crippen LogP) is 0.403. The lowest BCUT2D eigenvalue weighted by atomic mass is 9.80. The number of hydrogen-bond acceptors (Lipinski definition) is 8. The third-order valence-electron chi connectivity index (χ3n) is 5.83. The number of rotatable bonds is 3. The third kappa shape index (κ3) is 2.76. The second-order valence-corrected chi connectivity index (χ2v) is 7.52. The van der Waals surface area contributed by atoms with Crippen molar-refractivity contribution in [3.05, 3.63) is 23.5 Å². The predicted molar refractivity (Wildman–Crippen MR) is 99.7 cm³/mol. The van der Waals surface area contributed by atoms with E-state index in [4.69, 9.17) is 15.3 Å². The average Bonchev–Trinajstić information content (AvgIpc) is 2.67. The van der Waals surface area contributed by atoms with E-state index in [1.54, 1.807) is 11.9 Å². The molecule has 2 atom stereocenters. The molecule has 0 saturated carbocycles. The van der Waals surface area contributed by atoms with Crippen LogP contribution in [0, 0.1) is 5.82 Å². The molecule has 8 nitrogen and oxygen atoms in total. The summed E-state index contributed by atoms with van der Waals surface area (Å²) in [5.41, 5.74) is -0.806. The quantitative estimate of drug-likeness (QED) is 0.449. The summed E-state index contributed by atoms with van der Waals surface area (Å²) < 4.78 is 25.3. The van der Waals surface area contributed by atoms with Gasteiger partial charge in [-0.2, -0.15) is 0 Å². The molecule has 3 heterocycles. The summed E-state index contributed by atoms with van der Waals surface area (Å²) in [5.74, 6) is 4.60. The Labute approximate surface area is 162 Å². The smallest absolute Gasteiger partial charge is 0.336 e. The number of nitrogens with two attached hydrogens (primary N) is 1. The second kappa shape index (κ2) is 6.98. The molecule has 0 amide bonds. The maximum Gasteiger partial charge on any atom is 0.336 e. The number of ether oxygens (including phenoxy) is 2. The van der Waals surface area contributed by atoms with Crippen LogP contribution in [0.5, 0.6) is 5.75 Å². The first kappa shape index (κ1) is 19.1. The Morgan fingerprint density at radius 2 is 2.07 bits per heavy atom. The zero-order chi connectivity index (χ0) is 20.1. The van der Waals surface area contributed by atoms with E-state index >= 15 is 0 Å². The molecule has 0 aliphatic carbocycles. The fourth-order valence-electron chi connectivity index (χ4n) is 4.33. The number of piperazine rings is 1. The van der Waals surface area contributed by atoms with Crippen LogP contribution in [0.25, 0.3) is 0 Å². The minimum Gasteiger partial charge on any atom is -0.489 e. The van der Waals surface area contributed by atoms with E-state index < -0.39 is 23.1 Å². The van der Waals surface area contributed by atoms with Gasteiger partial charge in [0.25, 0.3) is 0 Å². The van der Waals surface area contributed by atoms with E-state index in [1.807, 2.05) is 16.7 Å². The number of nitrogens with zero attached hydrogens (tertiary/aromatic N) is 3. The van der Waals surface area contributed by atoms with Gasteiger partial charge in [0.05, 0.1) is 30.4 Å². The van der Waals surface area contributed by atoms with Gasteiger partial charge in [-0.1, -0.05) is 0 Å². The van der Waals surface area contributed by atoms with Crippen molar-refractivity contribution in [1.82, 2.24) is 9.91 Å². The fourth-order valence-corrected chi connectivity index (χ4v) is 4.33. The molecule has 3 aliphatic heterocycles. The summed E-state index contributed by atoms with van der Waals surface area (Å²) in [6, 6.07) is 2.41. The first-order chi connectivity index (χ1) is 13.4. The standard InChI is InChI=1S/C19H25FN4O4/c1-3-27-18(26)19(22-4-6-23(21)7-5-22)11-24-12(2)10-28-15-9-13(20)8-14(16(15)24)17(19)25/h8-9,12H,3-7,10-11,21H2,1-2H3. The highest BCUT2D eigenvalue weighted by Gasteiger charge is 2.58. The Morgan fingerprint density at radius 3 is 2.75 bits per heavy atom. The highest BCUT2D eigenvalue weighted by Crippen LogP contribution is 2.45. The number of Topliss-reactive ketones (excluding diaryl/α,β-unsaturated/α-hetero) is 1. The van der Waals surface area contributed by atoms with Crippen molar-refractivity contribution < 1.29 is 23.5 Å². The van der Waals surface area contributed by atoms with Crippen molar-refractivity contribution in [2.24, 2.45) is 5.84 Å². The number of anilines is 1. The van der Waals surface area contributed by atoms with Crippen LogP contribution in [0.15, 0.2) is 12.1 Å². The Hall–Kier alpha value is -2.23. The lowest BCUT2D eigenvalue weighted by Crippen LogP contribution is -2.72. The minimum atomic E-state index is -1.53. The summed E-state index contributed by atoms with van der Waals surface area (Å²) in [4.78, 5) is 30.7. The lowest BCUT2D eigenvalue weighted by molar-refractivity contribution is -0.155. The van der Waals surface area contributed by atoms with Crippen molar-refractivity contribution in [1.29, 1.82) is 0 Å². The molecular formula is C19H25FN4O4. The molecule has 9 heteroatoms. The maximum atomic E-state index is 14.3. The number of benzene rings is 1. The van der Waals surface area contributed by atoms with Crippen molar-refractivity contribution in [3.63, 3.8) is 0 Å². The minimum absolute atomic E-state index is 0.0746. The molecule has 1 aromatic rings. The van der Waals surface area contributed by atoms with Crippen LogP contribution in [-0.2, 0) is 9.53 Å². The number of ketones is 1. The highest BCUT2D eigenvalue weighted by atomic mass is 19.1. The van der Waals surface area contributed by atoms with Gasteiger partial charge in [-0.25, -0.2) is 14.2 Å². The molecule has 3 aliphatic rings. The number of hydrazine groups is 1. The van der Waals surface area contributed by atoms with Crippen molar-refractivity contribution in [2.45, 2.75) is 25.4 Å². The highest BCUT2D eigenvalue weighted by molar-refractivity contribution is 6.21. The van der Waals surface area contributed by atoms with E-state index in [0.717, 1.165) is 0 Å². The normalized spacial score (nSPS) is 27.9. The monoisotopic (exact) mass is 392 g/mol. The summed E-state index contributed by atoms with van der Waals surface area (Å²) in [6.45, 7) is 6.24. The summed E-state index contributed by atoms with van der Waals surface area (Å²) in [6.07, 6.45) is 0. The molecule has 2 N–H and O–H groups in total. The maximum absolute atomic E-state index is 14.3. The molecule has 0 spiro atoms. The SMILES string of the molecule is CCOC(=O)C1(N2CCN(N)CC2)CN2c3c(cc(F)cc3C1=O)OCC2C. The van der Waals surface area contributed by atoms with Gasteiger partial charge in [0.2, 0.25) is 5.54 Å². The van der Waals surface area contributed by atoms with Crippen LogP contribution in [0.4, 0.5) is 10.1 Å². The van der Waals surface area contributed by atoms with E-state index in [2.05, 4.69) is 0 Å². The molecular weight excluding hydrogens is 367 g/mol. The third-order valence-corrected chi connectivity index (χ3v) is 5.83. The largest absolute Gasteiger partial charge is 0.489 e. The summed E-state index contributed by atoms with van der Waals surface area (Å²) >= 11 is 0. The van der Waals surface area contributed by atoms with Crippen molar-refractivity contribution in [2.75, 3.05) is 50.8 Å². The number of hydrogen-bond donors (Lipinski definition) is 1. The van der Waals surface area contributed by atoms with Crippen LogP contribution in [0.3, 0.4) is 0 Å². The Bertz CT molecular complexity index is 811. The van der Waals surface area contributed by atoms with Gasteiger partial charge in [0, 0.05) is 32.2 Å². The summed E-state index contributed by atoms with van der Waals surface area (Å²) in [5, 5.41) is 1.66. The first-order valence-electron chi connectivity index (χ1n) is 9.58. The van der Waals surface area contributed by atoms with E-state index in [1.165, 1.54) is 12.1 Å². The van der Waals surface area contributed by atoms with Crippen LogP contribution in [-0.4, -0.2) is 79.2 Å². The number of esters is 1. The van der Waals surface area contributed by atoms with Crippen LogP contribution in [0.2, 0.25) is 0 Å². The van der Waals surface area contributed by atoms with Crippen LogP contribution < -0.4 is 15.5 Å². The number of carbonyl (C=O) groups is 2. The van der Waals surface area contributed by atoms with Gasteiger partial charge < -0.3 is 14.4 Å². The zero-order valence-electron chi connectivity index (χ0n) is 16.1. The van der Waals surface area contributed by atoms with Gasteiger partial charge in [-0.3, -0.25) is 15.5 Å². The van der Waals surface area contributed by atoms with Crippen molar-refractivity contribution in [3.8, 4) is 5.75 Å². The Balaban J connectivity index is 1.87. The van der Waals surface area contributed by atoms with Crippen LogP contribution in [0.1, 0.15) is 24.2 Å². The number of halogens is 1. The van der Waals surface area contributed by atoms with Gasteiger partial charge in [-0.05, 0) is 19.9 Å². The molecule has 4 rings (SSSR count). The van der Waals surface area contributed by atoms with E-state index in [0.29, 0.717) is 44.2 Å². The summed E-state index contributed by atoms with van der Waals surface area (Å²) in [7, 11) is 0. The molecule has 0 bridgehead atoms. The fraction of sp³-hybridized carbons (Fsp3) is 0.579. The van der Waals surface area contributed by atoms with E-state index in [-0.39, 0.29) is 24.8 Å². The van der Waals surface area contributed by atoms with Gasteiger partial charge in [0.1, 0.15) is 18.2 Å². The molecule has 1 saturated heterocycles.